The van der Waals surface area contributed by atoms with E-state index < -0.39 is 6.10 Å². The molecular weight excluding hydrogens is 384 g/mol. The lowest BCUT2D eigenvalue weighted by Crippen LogP contribution is -2.39. The molecule has 30 heavy (non-hydrogen) atoms. The third kappa shape index (κ3) is 4.13. The molecule has 1 aromatic carbocycles. The molecule has 1 fully saturated rings. The first kappa shape index (κ1) is 19.9. The summed E-state index contributed by atoms with van der Waals surface area (Å²) in [7, 11) is 1.51. The maximum atomic E-state index is 12.8. The van der Waals surface area contributed by atoms with Crippen molar-refractivity contribution in [1.29, 1.82) is 0 Å². The average Bonchev–Trinajstić information content (AvgIpc) is 3.47. The smallest absolute Gasteiger partial charge is 0.289 e. The molecule has 8 heteroatoms. The number of anilines is 1. The van der Waals surface area contributed by atoms with Crippen LogP contribution in [0.2, 0.25) is 0 Å². The fraction of sp³-hybridized carbons (Fsp3) is 0.318. The van der Waals surface area contributed by atoms with E-state index in [9.17, 15) is 9.59 Å². The van der Waals surface area contributed by atoms with E-state index in [-0.39, 0.29) is 17.9 Å². The van der Waals surface area contributed by atoms with E-state index in [1.165, 1.54) is 13.4 Å². The minimum Gasteiger partial charge on any atom is -0.459 e. The van der Waals surface area contributed by atoms with Gasteiger partial charge in [0, 0.05) is 26.3 Å². The lowest BCUT2D eigenvalue weighted by atomic mass is 10.0. The van der Waals surface area contributed by atoms with E-state index in [0.29, 0.717) is 24.7 Å². The number of furan rings is 1. The molecule has 0 aliphatic carbocycles. The van der Waals surface area contributed by atoms with Crippen molar-refractivity contribution in [1.82, 2.24) is 14.7 Å². The number of amides is 2. The summed E-state index contributed by atoms with van der Waals surface area (Å²) in [6.07, 6.45) is 3.94. The van der Waals surface area contributed by atoms with Gasteiger partial charge in [-0.3, -0.25) is 9.59 Å². The molecule has 1 aliphatic heterocycles. The van der Waals surface area contributed by atoms with Crippen molar-refractivity contribution in [2.75, 3.05) is 25.5 Å². The van der Waals surface area contributed by atoms with Gasteiger partial charge in [0.1, 0.15) is 5.82 Å². The number of methoxy groups -OCH3 is 1. The summed E-state index contributed by atoms with van der Waals surface area (Å²) in [5, 5.41) is 7.34. The summed E-state index contributed by atoms with van der Waals surface area (Å²) in [5.41, 5.74) is 0.785. The first-order valence-electron chi connectivity index (χ1n) is 9.92. The van der Waals surface area contributed by atoms with Crippen molar-refractivity contribution in [3.8, 4) is 0 Å². The normalized spacial score (nSPS) is 15.7. The number of aromatic nitrogens is 2. The van der Waals surface area contributed by atoms with E-state index in [2.05, 4.69) is 10.4 Å². The van der Waals surface area contributed by atoms with E-state index in [0.717, 1.165) is 18.4 Å². The van der Waals surface area contributed by atoms with Crippen molar-refractivity contribution in [3.63, 3.8) is 0 Å². The number of benzene rings is 1. The van der Waals surface area contributed by atoms with E-state index in [1.54, 1.807) is 29.3 Å². The zero-order valence-electron chi connectivity index (χ0n) is 16.7. The molecule has 0 unspecified atom stereocenters. The van der Waals surface area contributed by atoms with Crippen molar-refractivity contribution in [2.24, 2.45) is 0 Å². The molecule has 0 saturated carbocycles. The molecule has 1 saturated heterocycles. The van der Waals surface area contributed by atoms with Crippen LogP contribution in [0.3, 0.4) is 0 Å². The Labute approximate surface area is 174 Å². The van der Waals surface area contributed by atoms with E-state index >= 15 is 0 Å². The van der Waals surface area contributed by atoms with Crippen LogP contribution in [0.5, 0.6) is 0 Å². The molecule has 3 heterocycles. The Bertz CT molecular complexity index is 976. The number of rotatable bonds is 6. The third-order valence-electron chi connectivity index (χ3n) is 5.33. The fourth-order valence-corrected chi connectivity index (χ4v) is 3.79. The summed E-state index contributed by atoms with van der Waals surface area (Å²) >= 11 is 0. The lowest BCUT2D eigenvalue weighted by molar-refractivity contribution is -0.126. The van der Waals surface area contributed by atoms with Gasteiger partial charge >= 0.3 is 0 Å². The van der Waals surface area contributed by atoms with Crippen LogP contribution in [-0.4, -0.2) is 46.7 Å². The predicted molar refractivity (Wildman–Crippen MR) is 110 cm³/mol. The number of likely N-dealkylation sites (tertiary alicyclic amines) is 1. The molecule has 0 radical (unpaired) electrons. The van der Waals surface area contributed by atoms with Gasteiger partial charge in [-0.1, -0.05) is 30.3 Å². The van der Waals surface area contributed by atoms with Crippen molar-refractivity contribution < 1.29 is 18.7 Å². The van der Waals surface area contributed by atoms with Gasteiger partial charge < -0.3 is 19.4 Å². The largest absolute Gasteiger partial charge is 0.459 e. The molecule has 2 aromatic heterocycles. The fourth-order valence-electron chi connectivity index (χ4n) is 3.79. The Morgan fingerprint density at radius 1 is 1.13 bits per heavy atom. The monoisotopic (exact) mass is 408 g/mol. The minimum atomic E-state index is -0.706. The van der Waals surface area contributed by atoms with Crippen molar-refractivity contribution in [2.45, 2.75) is 25.0 Å². The molecule has 0 bridgehead atoms. The van der Waals surface area contributed by atoms with Gasteiger partial charge in [-0.25, -0.2) is 4.68 Å². The van der Waals surface area contributed by atoms with Gasteiger partial charge in [0.25, 0.3) is 11.8 Å². The Balaban J connectivity index is 1.40. The van der Waals surface area contributed by atoms with Gasteiger partial charge in [-0.05, 0) is 30.5 Å². The zero-order valence-corrected chi connectivity index (χ0v) is 16.7. The number of hydrogen-bond acceptors (Lipinski definition) is 5. The first-order valence-corrected chi connectivity index (χ1v) is 9.92. The van der Waals surface area contributed by atoms with Crippen LogP contribution in [0.4, 0.5) is 5.82 Å². The highest BCUT2D eigenvalue weighted by atomic mass is 16.5. The maximum absolute atomic E-state index is 12.8. The predicted octanol–water partition coefficient (Wildman–Crippen LogP) is 3.28. The van der Waals surface area contributed by atoms with Gasteiger partial charge in [-0.2, -0.15) is 5.10 Å². The number of hydrogen-bond donors (Lipinski definition) is 1. The number of piperidine rings is 1. The molecule has 2 amide bonds. The lowest BCUT2D eigenvalue weighted by Gasteiger charge is -2.32. The molecule has 1 N–H and O–H groups in total. The molecule has 1 aliphatic rings. The first-order chi connectivity index (χ1) is 14.7. The van der Waals surface area contributed by atoms with Crippen LogP contribution in [0, 0.1) is 0 Å². The highest BCUT2D eigenvalue weighted by Gasteiger charge is 2.28. The quantitative estimate of drug-likeness (QED) is 0.676. The van der Waals surface area contributed by atoms with Gasteiger partial charge in [0.05, 0.1) is 18.5 Å². The Morgan fingerprint density at radius 3 is 2.57 bits per heavy atom. The number of nitrogens with zero attached hydrogens (tertiary/aromatic N) is 3. The van der Waals surface area contributed by atoms with Gasteiger partial charge in [0.15, 0.2) is 11.9 Å². The molecule has 1 atom stereocenters. The summed E-state index contributed by atoms with van der Waals surface area (Å²) in [6.45, 7) is 1.20. The topological polar surface area (TPSA) is 89.6 Å². The summed E-state index contributed by atoms with van der Waals surface area (Å²) in [4.78, 5) is 27.0. The zero-order chi connectivity index (χ0) is 20.9. The Morgan fingerprint density at radius 2 is 1.90 bits per heavy atom. The highest BCUT2D eigenvalue weighted by Crippen LogP contribution is 2.27. The van der Waals surface area contributed by atoms with Crippen LogP contribution < -0.4 is 5.32 Å². The van der Waals surface area contributed by atoms with Crippen LogP contribution in [0.25, 0.3) is 0 Å². The maximum Gasteiger partial charge on any atom is 0.289 e. The SMILES string of the molecule is CO[C@@H](C(=O)Nc1ccnn1C1CCN(C(=O)c2ccco2)CC1)c1ccccc1. The summed E-state index contributed by atoms with van der Waals surface area (Å²) in [5.74, 6) is 0.620. The average molecular weight is 408 g/mol. The Kier molecular flexibility index (Phi) is 5.94. The van der Waals surface area contributed by atoms with Crippen LogP contribution in [-0.2, 0) is 9.53 Å². The van der Waals surface area contributed by atoms with Crippen molar-refractivity contribution >= 4 is 17.6 Å². The second kappa shape index (κ2) is 8.96. The number of nitrogens with one attached hydrogen (secondary N) is 1. The second-order valence-electron chi connectivity index (χ2n) is 7.18. The number of carbonyl (C=O) groups excluding carboxylic acids is 2. The Hall–Kier alpha value is -3.39. The van der Waals surface area contributed by atoms with Crippen molar-refractivity contribution in [3.05, 3.63) is 72.3 Å². The van der Waals surface area contributed by atoms with E-state index in [4.69, 9.17) is 9.15 Å². The molecular formula is C22H24N4O4. The molecule has 4 rings (SSSR count). The highest BCUT2D eigenvalue weighted by molar-refractivity contribution is 5.94. The summed E-state index contributed by atoms with van der Waals surface area (Å²) < 4.78 is 12.4. The minimum absolute atomic E-state index is 0.0914. The molecule has 8 nitrogen and oxygen atoms in total. The van der Waals surface area contributed by atoms with Gasteiger partial charge in [-0.15, -0.1) is 0 Å². The standard InChI is InChI=1S/C22H24N4O4/c1-29-20(16-6-3-2-4-7-16)21(27)24-19-9-12-23-26(19)17-10-13-25(14-11-17)22(28)18-8-5-15-30-18/h2-9,12,15,17,20H,10-11,13-14H2,1H3,(H,24,27)/t20-/m1/s1. The molecule has 0 spiro atoms. The number of carbonyl (C=O) groups is 2. The van der Waals surface area contributed by atoms with Gasteiger partial charge in [0.2, 0.25) is 0 Å². The van der Waals surface area contributed by atoms with Crippen LogP contribution in [0.15, 0.2) is 65.4 Å². The van der Waals surface area contributed by atoms with Crippen LogP contribution >= 0.6 is 0 Å². The van der Waals surface area contributed by atoms with Crippen LogP contribution in [0.1, 0.15) is 41.1 Å². The molecule has 3 aromatic rings. The number of ether oxygens (including phenoxy) is 1. The molecule has 156 valence electrons. The summed E-state index contributed by atoms with van der Waals surface area (Å²) in [6, 6.07) is 14.6. The van der Waals surface area contributed by atoms with E-state index in [1.807, 2.05) is 35.0 Å². The second-order valence-corrected chi connectivity index (χ2v) is 7.18. The third-order valence-corrected chi connectivity index (χ3v) is 5.33.